The molecule has 0 aromatic heterocycles. The average molecular weight is 779 g/mol. The number of para-hydroxylation sites is 1. The molecule has 0 radical (unpaired) electrons. The zero-order valence-corrected chi connectivity index (χ0v) is 31.5. The van der Waals surface area contributed by atoms with Crippen molar-refractivity contribution in [2.45, 2.75) is 76.6 Å². The Labute approximate surface area is 318 Å². The average Bonchev–Trinajstić information content (AvgIpc) is 3.31. The van der Waals surface area contributed by atoms with Crippen LogP contribution >= 0.6 is 11.6 Å². The van der Waals surface area contributed by atoms with E-state index in [0.717, 1.165) is 43.2 Å². The molecule has 3 heterocycles. The van der Waals surface area contributed by atoms with Crippen molar-refractivity contribution in [2.24, 2.45) is 11.8 Å². The Hall–Kier alpha value is -4.24. The molecule has 296 valence electrons. The third-order valence-corrected chi connectivity index (χ3v) is 11.4. The molecule has 4 N–H and O–H groups in total. The monoisotopic (exact) mass is 778 g/mol. The number of nitrogen functional groups attached to an aromatic ring is 1. The Morgan fingerprint density at radius 1 is 1.07 bits per heavy atom. The van der Waals surface area contributed by atoms with Crippen LogP contribution in [0.25, 0.3) is 0 Å². The van der Waals surface area contributed by atoms with Gasteiger partial charge in [-0.05, 0) is 92.8 Å². The molecule has 16 heteroatoms. The number of carboxylic acid groups (broad SMARTS) is 1. The number of halogens is 4. The number of likely N-dealkylation sites (tertiary alicyclic amines) is 2. The molecule has 12 nitrogen and oxygen atoms in total. The maximum absolute atomic E-state index is 13.9. The summed E-state index contributed by atoms with van der Waals surface area (Å²) in [7, 11) is 1.58. The smallest absolute Gasteiger partial charge is 0.418 e. The first-order valence-corrected chi connectivity index (χ1v) is 18.9. The quantitative estimate of drug-likeness (QED) is 0.216. The summed E-state index contributed by atoms with van der Waals surface area (Å²) < 4.78 is 47.3. The summed E-state index contributed by atoms with van der Waals surface area (Å²) in [6.07, 6.45) is -3.14. The molecule has 3 aliphatic rings. The van der Waals surface area contributed by atoms with E-state index in [4.69, 9.17) is 27.2 Å². The number of carbonyl (C=O) groups is 4. The van der Waals surface area contributed by atoms with Crippen LogP contribution in [0.1, 0.15) is 62.1 Å². The number of anilines is 2. The van der Waals surface area contributed by atoms with Gasteiger partial charge in [0.25, 0.3) is 5.91 Å². The largest absolute Gasteiger partial charge is 0.481 e. The van der Waals surface area contributed by atoms with Crippen molar-refractivity contribution in [3.05, 3.63) is 58.1 Å². The van der Waals surface area contributed by atoms with Gasteiger partial charge in [0, 0.05) is 57.9 Å². The van der Waals surface area contributed by atoms with E-state index in [2.05, 4.69) is 17.1 Å². The minimum atomic E-state index is -4.79. The summed E-state index contributed by atoms with van der Waals surface area (Å²) in [5.74, 6) is -0.747. The molecule has 0 bridgehead atoms. The lowest BCUT2D eigenvalue weighted by molar-refractivity contribution is -0.140. The van der Waals surface area contributed by atoms with Crippen molar-refractivity contribution in [3.8, 4) is 0 Å². The number of alkyl halides is 3. The molecule has 0 spiro atoms. The number of carboxylic acids is 1. The fourth-order valence-corrected chi connectivity index (χ4v) is 7.94. The summed E-state index contributed by atoms with van der Waals surface area (Å²) in [6, 6.07) is 9.40. The Balaban J connectivity index is 1.22. The fraction of sp³-hybridized carbons (Fsp3) is 0.579. The van der Waals surface area contributed by atoms with E-state index < -0.39 is 41.5 Å². The number of aliphatic carboxylic acids is 1. The summed E-state index contributed by atoms with van der Waals surface area (Å²) in [6.45, 7) is 5.60. The topological polar surface area (TPSA) is 149 Å². The van der Waals surface area contributed by atoms with Gasteiger partial charge >= 0.3 is 24.3 Å². The number of hydrogen-bond donors (Lipinski definition) is 3. The molecular weight excluding hydrogens is 729 g/mol. The van der Waals surface area contributed by atoms with Gasteiger partial charge in [0.05, 0.1) is 22.7 Å². The highest BCUT2D eigenvalue weighted by atomic mass is 35.5. The molecule has 2 atom stereocenters. The number of ether oxygens (including phenoxy) is 1. The van der Waals surface area contributed by atoms with Gasteiger partial charge in [0.1, 0.15) is 0 Å². The molecule has 4 amide bonds. The normalized spacial score (nSPS) is 18.7. The highest BCUT2D eigenvalue weighted by Crippen LogP contribution is 2.38. The third kappa shape index (κ3) is 10.5. The number of hydrogen-bond acceptors (Lipinski definition) is 7. The SMILES string of the molecule is CC(CCN(C)C(=O)[C@@H](Cc1cc(Cl)c(N)c(C(F)(F)F)c1)OC(=O)N1CCC(N2CCc3ccccc3NC2=O)CC1)C1CCN(CCC(=O)O)CC1. The molecular formula is C38H50ClF3N6O6. The first kappa shape index (κ1) is 40.9. The number of benzene rings is 2. The first-order valence-electron chi connectivity index (χ1n) is 18.6. The van der Waals surface area contributed by atoms with Crippen molar-refractivity contribution >= 4 is 47.0 Å². The zero-order valence-electron chi connectivity index (χ0n) is 30.7. The van der Waals surface area contributed by atoms with E-state index in [-0.39, 0.29) is 54.5 Å². The molecule has 5 rings (SSSR count). The lowest BCUT2D eigenvalue weighted by Gasteiger charge is -2.38. The maximum Gasteiger partial charge on any atom is 0.418 e. The van der Waals surface area contributed by atoms with Crippen molar-refractivity contribution < 1.29 is 42.2 Å². The van der Waals surface area contributed by atoms with E-state index in [1.54, 1.807) is 11.9 Å². The first-order chi connectivity index (χ1) is 25.6. The number of fused-ring (bicyclic) bond motifs is 1. The van der Waals surface area contributed by atoms with Crippen LogP contribution < -0.4 is 11.1 Å². The zero-order chi connectivity index (χ0) is 39.2. The van der Waals surface area contributed by atoms with Crippen LogP contribution in [0.3, 0.4) is 0 Å². The van der Waals surface area contributed by atoms with E-state index in [1.807, 2.05) is 24.3 Å². The van der Waals surface area contributed by atoms with Crippen LogP contribution in [-0.4, -0.2) is 114 Å². The minimum absolute atomic E-state index is 0.0379. The van der Waals surface area contributed by atoms with Gasteiger partial charge < -0.3 is 40.5 Å². The summed E-state index contributed by atoms with van der Waals surface area (Å²) in [5, 5.41) is 11.6. The second-order valence-corrected chi connectivity index (χ2v) is 15.1. The fourth-order valence-electron chi connectivity index (χ4n) is 7.70. The van der Waals surface area contributed by atoms with Crippen molar-refractivity contribution in [2.75, 3.05) is 63.9 Å². The van der Waals surface area contributed by atoms with Gasteiger partial charge in [-0.2, -0.15) is 13.2 Å². The van der Waals surface area contributed by atoms with Crippen LogP contribution in [0, 0.1) is 11.8 Å². The number of piperidine rings is 2. The third-order valence-electron chi connectivity index (χ3n) is 11.1. The van der Waals surface area contributed by atoms with Gasteiger partial charge in [-0.3, -0.25) is 9.59 Å². The number of rotatable bonds is 12. The van der Waals surface area contributed by atoms with Crippen LogP contribution in [0.4, 0.5) is 34.1 Å². The van der Waals surface area contributed by atoms with E-state index in [9.17, 15) is 32.3 Å². The van der Waals surface area contributed by atoms with Crippen molar-refractivity contribution in [1.82, 2.24) is 19.6 Å². The highest BCUT2D eigenvalue weighted by molar-refractivity contribution is 6.33. The number of likely N-dealkylation sites (N-methyl/N-ethyl adjacent to an activating group) is 1. The maximum atomic E-state index is 13.9. The number of nitrogens with two attached hydrogens (primary N) is 1. The van der Waals surface area contributed by atoms with E-state index in [0.29, 0.717) is 51.2 Å². The van der Waals surface area contributed by atoms with Gasteiger partial charge in [-0.1, -0.05) is 36.7 Å². The molecule has 2 aromatic carbocycles. The van der Waals surface area contributed by atoms with Crippen molar-refractivity contribution in [1.29, 1.82) is 0 Å². The second-order valence-electron chi connectivity index (χ2n) is 14.7. The van der Waals surface area contributed by atoms with Crippen LogP contribution in [-0.2, 0) is 33.3 Å². The van der Waals surface area contributed by atoms with Crippen LogP contribution in [0.15, 0.2) is 36.4 Å². The second kappa shape index (κ2) is 17.9. The number of amides is 4. The molecule has 2 saturated heterocycles. The lowest BCUT2D eigenvalue weighted by Crippen LogP contribution is -2.51. The molecule has 3 aliphatic heterocycles. The van der Waals surface area contributed by atoms with Gasteiger partial charge in [0.15, 0.2) is 6.10 Å². The lowest BCUT2D eigenvalue weighted by atomic mass is 9.83. The minimum Gasteiger partial charge on any atom is -0.481 e. The van der Waals surface area contributed by atoms with Crippen LogP contribution in [0.2, 0.25) is 5.02 Å². The Bertz CT molecular complexity index is 1660. The standard InChI is InChI=1S/C38H50ClF3N6O6/c1-24(26-8-15-46(16-9-26)17-13-33(49)50)7-14-45(2)35(51)32(23-25-21-29(38(40,41)42)34(43)30(39)22-25)54-37(53)47-18-11-28(12-19-47)48-20-10-27-5-3-4-6-31(27)44-36(48)52/h3-6,21-22,24,26,28,32H,7-20,23,43H2,1-2H3,(H,44,52)(H,49,50)/t24?,32-/m1/s1. The molecule has 54 heavy (non-hydrogen) atoms. The summed E-state index contributed by atoms with van der Waals surface area (Å²) >= 11 is 6.10. The molecule has 2 aromatic rings. The Morgan fingerprint density at radius 3 is 2.43 bits per heavy atom. The van der Waals surface area contributed by atoms with E-state index in [1.165, 1.54) is 15.9 Å². The Kier molecular flexibility index (Phi) is 13.6. The predicted octanol–water partition coefficient (Wildman–Crippen LogP) is 6.21. The van der Waals surface area contributed by atoms with E-state index >= 15 is 0 Å². The van der Waals surface area contributed by atoms with Gasteiger partial charge in [-0.25, -0.2) is 9.59 Å². The van der Waals surface area contributed by atoms with Gasteiger partial charge in [-0.15, -0.1) is 0 Å². The molecule has 1 unspecified atom stereocenters. The number of carbonyl (C=O) groups excluding carboxylic acids is 3. The van der Waals surface area contributed by atoms with Crippen LogP contribution in [0.5, 0.6) is 0 Å². The number of nitrogens with zero attached hydrogens (tertiary/aromatic N) is 4. The highest BCUT2D eigenvalue weighted by Gasteiger charge is 2.37. The Morgan fingerprint density at radius 2 is 1.76 bits per heavy atom. The summed E-state index contributed by atoms with van der Waals surface area (Å²) in [4.78, 5) is 58.4. The molecule has 0 aliphatic carbocycles. The molecule has 0 saturated carbocycles. The number of nitrogens with one attached hydrogen (secondary N) is 1. The van der Waals surface area contributed by atoms with Crippen molar-refractivity contribution in [3.63, 3.8) is 0 Å². The number of urea groups is 1. The van der Waals surface area contributed by atoms with Gasteiger partial charge in [0.2, 0.25) is 0 Å². The summed E-state index contributed by atoms with van der Waals surface area (Å²) in [5.41, 5.74) is 5.75. The molecule has 2 fully saturated rings. The predicted molar refractivity (Wildman–Crippen MR) is 198 cm³/mol.